The van der Waals surface area contributed by atoms with Crippen molar-refractivity contribution >= 4 is 10.9 Å². The monoisotopic (exact) mass is 233 g/mol. The average Bonchev–Trinajstić information content (AvgIpc) is 2.89. The number of nitrogens with zero attached hydrogens (tertiary/aromatic N) is 2. The van der Waals surface area contributed by atoms with Gasteiger partial charge in [-0.05, 0) is 44.5 Å². The van der Waals surface area contributed by atoms with E-state index in [0.29, 0.717) is 6.04 Å². The third kappa shape index (κ3) is 1.93. The Labute approximate surface area is 99.6 Å². The van der Waals surface area contributed by atoms with Gasteiger partial charge in [-0.15, -0.1) is 0 Å². The van der Waals surface area contributed by atoms with Gasteiger partial charge in [-0.1, -0.05) is 0 Å². The quantitative estimate of drug-likeness (QED) is 0.862. The fourth-order valence-corrected chi connectivity index (χ4v) is 2.57. The van der Waals surface area contributed by atoms with Crippen LogP contribution in [0.4, 0.5) is 4.39 Å². The second-order valence-electron chi connectivity index (χ2n) is 4.72. The van der Waals surface area contributed by atoms with Gasteiger partial charge in [0.05, 0.1) is 17.8 Å². The van der Waals surface area contributed by atoms with Crippen LogP contribution in [-0.2, 0) is 6.54 Å². The molecule has 2 aromatic rings. The Balaban J connectivity index is 1.98. The summed E-state index contributed by atoms with van der Waals surface area (Å²) in [6.07, 6.45) is 2.43. The normalized spacial score (nSPS) is 20.2. The third-order valence-electron chi connectivity index (χ3n) is 3.45. The van der Waals surface area contributed by atoms with E-state index in [-0.39, 0.29) is 5.82 Å². The first kappa shape index (κ1) is 10.7. The molecular weight excluding hydrogens is 217 g/mol. The van der Waals surface area contributed by atoms with E-state index in [9.17, 15) is 4.39 Å². The van der Waals surface area contributed by atoms with E-state index in [1.54, 1.807) is 6.07 Å². The van der Waals surface area contributed by atoms with Gasteiger partial charge in [0, 0.05) is 11.4 Å². The van der Waals surface area contributed by atoms with E-state index in [0.717, 1.165) is 29.7 Å². The summed E-state index contributed by atoms with van der Waals surface area (Å²) in [7, 11) is 0. The van der Waals surface area contributed by atoms with Gasteiger partial charge in [-0.3, -0.25) is 4.68 Å². The van der Waals surface area contributed by atoms with Crippen LogP contribution in [0, 0.1) is 12.7 Å². The average molecular weight is 233 g/mol. The lowest BCUT2D eigenvalue weighted by Gasteiger charge is -2.10. The number of hydrogen-bond acceptors (Lipinski definition) is 2. The molecule has 1 atom stereocenters. The number of rotatable bonds is 2. The summed E-state index contributed by atoms with van der Waals surface area (Å²) < 4.78 is 15.2. The van der Waals surface area contributed by atoms with Gasteiger partial charge in [-0.25, -0.2) is 4.39 Å². The molecule has 1 aromatic heterocycles. The zero-order chi connectivity index (χ0) is 11.8. The zero-order valence-corrected chi connectivity index (χ0v) is 9.91. The first-order valence-corrected chi connectivity index (χ1v) is 6.10. The Morgan fingerprint density at radius 2 is 2.41 bits per heavy atom. The van der Waals surface area contributed by atoms with Crippen LogP contribution in [0.2, 0.25) is 0 Å². The van der Waals surface area contributed by atoms with Gasteiger partial charge < -0.3 is 5.32 Å². The van der Waals surface area contributed by atoms with Crippen molar-refractivity contribution in [2.75, 3.05) is 6.54 Å². The zero-order valence-electron chi connectivity index (χ0n) is 9.91. The standard InChI is InChI=1S/C13H16FN3/c1-9-12-7-10(14)4-5-13(12)17(16-9)8-11-3-2-6-15-11/h4-5,7,11,15H,2-3,6,8H2,1H3. The van der Waals surface area contributed by atoms with Crippen LogP contribution in [0.15, 0.2) is 18.2 Å². The fourth-order valence-electron chi connectivity index (χ4n) is 2.57. The van der Waals surface area contributed by atoms with Crippen molar-refractivity contribution in [3.8, 4) is 0 Å². The highest BCUT2D eigenvalue weighted by molar-refractivity contribution is 5.81. The van der Waals surface area contributed by atoms with Crippen molar-refractivity contribution in [1.29, 1.82) is 0 Å². The highest BCUT2D eigenvalue weighted by atomic mass is 19.1. The lowest BCUT2D eigenvalue weighted by Crippen LogP contribution is -2.27. The Bertz CT molecular complexity index is 541. The summed E-state index contributed by atoms with van der Waals surface area (Å²) in [6, 6.07) is 5.39. The molecule has 17 heavy (non-hydrogen) atoms. The van der Waals surface area contributed by atoms with Gasteiger partial charge in [0.2, 0.25) is 0 Å². The number of halogens is 1. The minimum absolute atomic E-state index is 0.195. The highest BCUT2D eigenvalue weighted by Crippen LogP contribution is 2.20. The van der Waals surface area contributed by atoms with Crippen molar-refractivity contribution in [1.82, 2.24) is 15.1 Å². The Morgan fingerprint density at radius 3 is 3.18 bits per heavy atom. The maximum atomic E-state index is 13.2. The molecule has 1 N–H and O–H groups in total. The number of aryl methyl sites for hydroxylation is 1. The van der Waals surface area contributed by atoms with Crippen LogP contribution in [0.1, 0.15) is 18.5 Å². The number of aromatic nitrogens is 2. The molecule has 3 rings (SSSR count). The maximum Gasteiger partial charge on any atom is 0.124 e. The summed E-state index contributed by atoms with van der Waals surface area (Å²) in [5.41, 5.74) is 1.93. The Hall–Kier alpha value is -1.42. The molecule has 0 saturated carbocycles. The van der Waals surface area contributed by atoms with Crippen LogP contribution in [0.3, 0.4) is 0 Å². The maximum absolute atomic E-state index is 13.2. The molecule has 0 aliphatic carbocycles. The number of fused-ring (bicyclic) bond motifs is 1. The summed E-state index contributed by atoms with van der Waals surface area (Å²) in [6.45, 7) is 3.90. The molecular formula is C13H16FN3. The second kappa shape index (κ2) is 4.11. The number of hydrogen-bond donors (Lipinski definition) is 1. The first-order valence-electron chi connectivity index (χ1n) is 6.10. The molecule has 1 aromatic carbocycles. The van der Waals surface area contributed by atoms with Crippen LogP contribution < -0.4 is 5.32 Å². The smallest absolute Gasteiger partial charge is 0.124 e. The molecule has 1 fully saturated rings. The minimum Gasteiger partial charge on any atom is -0.312 e. The van der Waals surface area contributed by atoms with Crippen molar-refractivity contribution in [3.63, 3.8) is 0 Å². The summed E-state index contributed by atoms with van der Waals surface area (Å²) in [5, 5.41) is 8.88. The lowest BCUT2D eigenvalue weighted by molar-refractivity contribution is 0.484. The van der Waals surface area contributed by atoms with Crippen molar-refractivity contribution in [3.05, 3.63) is 29.7 Å². The molecule has 90 valence electrons. The van der Waals surface area contributed by atoms with Crippen LogP contribution in [-0.4, -0.2) is 22.4 Å². The molecule has 1 unspecified atom stereocenters. The van der Waals surface area contributed by atoms with Crippen molar-refractivity contribution in [2.24, 2.45) is 0 Å². The topological polar surface area (TPSA) is 29.9 Å². The van der Waals surface area contributed by atoms with Crippen LogP contribution in [0.5, 0.6) is 0 Å². The van der Waals surface area contributed by atoms with E-state index in [4.69, 9.17) is 0 Å². The van der Waals surface area contributed by atoms with Gasteiger partial charge >= 0.3 is 0 Å². The van der Waals surface area contributed by atoms with E-state index in [1.807, 2.05) is 17.7 Å². The van der Waals surface area contributed by atoms with E-state index < -0.39 is 0 Å². The van der Waals surface area contributed by atoms with Gasteiger partial charge in [0.25, 0.3) is 0 Å². The summed E-state index contributed by atoms with van der Waals surface area (Å²) >= 11 is 0. The SMILES string of the molecule is Cc1nn(CC2CCCN2)c2ccc(F)cc12. The lowest BCUT2D eigenvalue weighted by atomic mass is 10.2. The predicted octanol–water partition coefficient (Wildman–Crippen LogP) is 2.24. The molecule has 2 heterocycles. The summed E-state index contributed by atoms with van der Waals surface area (Å²) in [5.74, 6) is -0.195. The molecule has 1 aliphatic rings. The van der Waals surface area contributed by atoms with Crippen LogP contribution >= 0.6 is 0 Å². The molecule has 0 bridgehead atoms. The molecule has 0 spiro atoms. The van der Waals surface area contributed by atoms with Crippen molar-refractivity contribution in [2.45, 2.75) is 32.4 Å². The van der Waals surface area contributed by atoms with Gasteiger partial charge in [0.15, 0.2) is 0 Å². The van der Waals surface area contributed by atoms with Crippen molar-refractivity contribution < 1.29 is 4.39 Å². The van der Waals surface area contributed by atoms with E-state index in [2.05, 4.69) is 10.4 Å². The molecule has 0 radical (unpaired) electrons. The molecule has 0 amide bonds. The number of benzene rings is 1. The van der Waals surface area contributed by atoms with Gasteiger partial charge in [-0.2, -0.15) is 5.10 Å². The predicted molar refractivity (Wildman–Crippen MR) is 65.5 cm³/mol. The largest absolute Gasteiger partial charge is 0.312 e. The first-order chi connectivity index (χ1) is 8.24. The third-order valence-corrected chi connectivity index (χ3v) is 3.45. The highest BCUT2D eigenvalue weighted by Gasteiger charge is 2.17. The Kier molecular flexibility index (Phi) is 2.59. The van der Waals surface area contributed by atoms with Crippen LogP contribution in [0.25, 0.3) is 10.9 Å². The molecule has 4 heteroatoms. The van der Waals surface area contributed by atoms with E-state index in [1.165, 1.54) is 18.9 Å². The minimum atomic E-state index is -0.195. The molecule has 1 saturated heterocycles. The fraction of sp³-hybridized carbons (Fsp3) is 0.462. The molecule has 3 nitrogen and oxygen atoms in total. The number of nitrogens with one attached hydrogen (secondary N) is 1. The summed E-state index contributed by atoms with van der Waals surface area (Å²) in [4.78, 5) is 0. The van der Waals surface area contributed by atoms with E-state index >= 15 is 0 Å². The second-order valence-corrected chi connectivity index (χ2v) is 4.72. The molecule has 1 aliphatic heterocycles. The van der Waals surface area contributed by atoms with Gasteiger partial charge in [0.1, 0.15) is 5.82 Å². The Morgan fingerprint density at radius 1 is 1.53 bits per heavy atom.